The molecule has 24 heavy (non-hydrogen) atoms. The lowest BCUT2D eigenvalue weighted by molar-refractivity contribution is -0.126. The summed E-state index contributed by atoms with van der Waals surface area (Å²) in [6, 6.07) is 7.25. The summed E-state index contributed by atoms with van der Waals surface area (Å²) >= 11 is 5.95. The zero-order valence-electron chi connectivity index (χ0n) is 13.1. The van der Waals surface area contributed by atoms with E-state index in [4.69, 9.17) is 21.9 Å². The molecule has 3 rings (SSSR count). The minimum atomic E-state index is -0.708. The molecule has 1 aliphatic carbocycles. The van der Waals surface area contributed by atoms with Gasteiger partial charge in [0.15, 0.2) is 0 Å². The molecule has 3 N–H and O–H groups in total. The van der Waals surface area contributed by atoms with Gasteiger partial charge in [0.1, 0.15) is 0 Å². The minimum Gasteiger partial charge on any atom is -0.354 e. The topological polar surface area (TPSA) is 94.0 Å². The second-order valence-electron chi connectivity index (χ2n) is 5.89. The fourth-order valence-corrected chi connectivity index (χ4v) is 2.98. The maximum atomic E-state index is 12.1. The van der Waals surface area contributed by atoms with Crippen molar-refractivity contribution in [2.24, 2.45) is 5.73 Å². The van der Waals surface area contributed by atoms with Crippen LogP contribution in [0.4, 0.5) is 0 Å². The maximum Gasteiger partial charge on any atom is 0.240 e. The summed E-state index contributed by atoms with van der Waals surface area (Å²) in [6.45, 7) is 0.426. The van der Waals surface area contributed by atoms with E-state index in [1.165, 1.54) is 0 Å². The van der Waals surface area contributed by atoms with Crippen molar-refractivity contribution in [2.75, 3.05) is 6.54 Å². The van der Waals surface area contributed by atoms with E-state index < -0.39 is 5.54 Å². The number of benzene rings is 1. The van der Waals surface area contributed by atoms with Crippen LogP contribution < -0.4 is 11.1 Å². The molecule has 130 valence electrons. The molecule has 0 saturated heterocycles. The number of nitrogens with one attached hydrogen (secondary N) is 1. The van der Waals surface area contributed by atoms with Crippen LogP contribution >= 0.6 is 24.0 Å². The van der Waals surface area contributed by atoms with Crippen molar-refractivity contribution in [1.29, 1.82) is 0 Å². The van der Waals surface area contributed by atoms with Crippen molar-refractivity contribution >= 4 is 29.9 Å². The third kappa shape index (κ3) is 4.26. The largest absolute Gasteiger partial charge is 0.354 e. The summed E-state index contributed by atoms with van der Waals surface area (Å²) in [6.07, 6.45) is 3.99. The number of nitrogens with zero attached hydrogens (tertiary/aromatic N) is 2. The van der Waals surface area contributed by atoms with Crippen LogP contribution in [0.25, 0.3) is 11.4 Å². The van der Waals surface area contributed by atoms with Gasteiger partial charge in [0, 0.05) is 23.6 Å². The first-order chi connectivity index (χ1) is 11.1. The van der Waals surface area contributed by atoms with Gasteiger partial charge in [-0.05, 0) is 25.0 Å². The Morgan fingerprint density at radius 2 is 2.12 bits per heavy atom. The van der Waals surface area contributed by atoms with Gasteiger partial charge >= 0.3 is 0 Å². The van der Waals surface area contributed by atoms with Gasteiger partial charge in [0.25, 0.3) is 0 Å². The molecule has 0 radical (unpaired) electrons. The lowest BCUT2D eigenvalue weighted by Gasteiger charge is -2.21. The van der Waals surface area contributed by atoms with Crippen LogP contribution in [-0.2, 0) is 11.2 Å². The highest BCUT2D eigenvalue weighted by atomic mass is 35.5. The van der Waals surface area contributed by atoms with Crippen LogP contribution in [0.1, 0.15) is 31.6 Å². The Kier molecular flexibility index (Phi) is 6.21. The highest BCUT2D eigenvalue weighted by molar-refractivity contribution is 6.30. The molecule has 1 heterocycles. The molecular formula is C16H20Cl2N4O2. The summed E-state index contributed by atoms with van der Waals surface area (Å²) in [5, 5.41) is 7.41. The van der Waals surface area contributed by atoms with E-state index in [0.717, 1.165) is 31.2 Å². The first kappa shape index (κ1) is 18.7. The van der Waals surface area contributed by atoms with E-state index in [1.54, 1.807) is 12.1 Å². The van der Waals surface area contributed by atoms with Crippen LogP contribution in [0, 0.1) is 0 Å². The molecule has 6 nitrogen and oxygen atoms in total. The van der Waals surface area contributed by atoms with Gasteiger partial charge in [-0.15, -0.1) is 12.4 Å². The first-order valence-corrected chi connectivity index (χ1v) is 8.10. The molecule has 0 unspecified atom stereocenters. The molecular weight excluding hydrogens is 351 g/mol. The molecule has 1 aromatic heterocycles. The molecule has 1 fully saturated rings. The van der Waals surface area contributed by atoms with Gasteiger partial charge in [-0.2, -0.15) is 4.98 Å². The second-order valence-corrected chi connectivity index (χ2v) is 6.33. The monoisotopic (exact) mass is 370 g/mol. The van der Waals surface area contributed by atoms with Crippen molar-refractivity contribution in [2.45, 2.75) is 37.6 Å². The number of carbonyl (C=O) groups excluding carboxylic acids is 1. The number of rotatable bonds is 5. The van der Waals surface area contributed by atoms with Crippen molar-refractivity contribution in [3.63, 3.8) is 0 Å². The Balaban J connectivity index is 0.00000208. The number of amides is 1. The lowest BCUT2D eigenvalue weighted by Crippen LogP contribution is -2.52. The normalized spacial score (nSPS) is 15.8. The van der Waals surface area contributed by atoms with Crippen LogP contribution in [0.3, 0.4) is 0 Å². The highest BCUT2D eigenvalue weighted by Crippen LogP contribution is 2.27. The molecule has 8 heteroatoms. The Hall–Kier alpha value is -1.63. The highest BCUT2D eigenvalue weighted by Gasteiger charge is 2.36. The SMILES string of the molecule is Cl.NC1(C(=O)NCCc2nc(-c3cccc(Cl)c3)no2)CCCC1. The van der Waals surface area contributed by atoms with Crippen molar-refractivity contribution in [3.05, 3.63) is 35.2 Å². The molecule has 1 aliphatic rings. The Labute approximate surface area is 151 Å². The number of carbonyl (C=O) groups is 1. The molecule has 0 spiro atoms. The smallest absolute Gasteiger partial charge is 0.240 e. The van der Waals surface area contributed by atoms with Gasteiger partial charge in [-0.1, -0.05) is 41.7 Å². The standard InChI is InChI=1S/C16H19ClN4O2.ClH/c17-12-5-3-4-11(10-12)14-20-13(23-21-14)6-9-19-15(22)16(18)7-1-2-8-16;/h3-5,10H,1-2,6-9,18H2,(H,19,22);1H. The van der Waals surface area contributed by atoms with Crippen LogP contribution in [-0.4, -0.2) is 28.1 Å². The zero-order chi connectivity index (χ0) is 16.3. The predicted molar refractivity (Wildman–Crippen MR) is 94.1 cm³/mol. The number of hydrogen-bond donors (Lipinski definition) is 2. The Bertz CT molecular complexity index is 699. The van der Waals surface area contributed by atoms with Gasteiger partial charge in [-0.3, -0.25) is 4.79 Å². The average Bonchev–Trinajstić information content (AvgIpc) is 3.17. The number of halogens is 2. The number of hydrogen-bond acceptors (Lipinski definition) is 5. The van der Waals surface area contributed by atoms with E-state index in [9.17, 15) is 4.79 Å². The molecule has 0 bridgehead atoms. The summed E-state index contributed by atoms with van der Waals surface area (Å²) in [5.74, 6) is 0.863. The van der Waals surface area contributed by atoms with Crippen molar-refractivity contribution in [1.82, 2.24) is 15.5 Å². The van der Waals surface area contributed by atoms with Crippen molar-refractivity contribution in [3.8, 4) is 11.4 Å². The Morgan fingerprint density at radius 1 is 1.38 bits per heavy atom. The van der Waals surface area contributed by atoms with Gasteiger partial charge < -0.3 is 15.6 Å². The zero-order valence-corrected chi connectivity index (χ0v) is 14.7. The molecule has 1 amide bonds. The number of aromatic nitrogens is 2. The fraction of sp³-hybridized carbons (Fsp3) is 0.438. The van der Waals surface area contributed by atoms with Gasteiger partial charge in [-0.25, -0.2) is 0 Å². The van der Waals surface area contributed by atoms with E-state index in [0.29, 0.717) is 29.7 Å². The third-order valence-electron chi connectivity index (χ3n) is 4.12. The predicted octanol–water partition coefficient (Wildman–Crippen LogP) is 2.74. The van der Waals surface area contributed by atoms with Crippen LogP contribution in [0.15, 0.2) is 28.8 Å². The summed E-state index contributed by atoms with van der Waals surface area (Å²) in [7, 11) is 0. The van der Waals surface area contributed by atoms with Gasteiger partial charge in [0.05, 0.1) is 5.54 Å². The Morgan fingerprint density at radius 3 is 2.83 bits per heavy atom. The summed E-state index contributed by atoms with van der Waals surface area (Å²) in [5.41, 5.74) is 6.19. The second kappa shape index (κ2) is 7.96. The first-order valence-electron chi connectivity index (χ1n) is 7.72. The molecule has 0 aliphatic heterocycles. The van der Waals surface area contributed by atoms with E-state index in [1.807, 2.05) is 12.1 Å². The number of nitrogens with two attached hydrogens (primary N) is 1. The fourth-order valence-electron chi connectivity index (χ4n) is 2.79. The van der Waals surface area contributed by atoms with E-state index in [2.05, 4.69) is 15.5 Å². The maximum absolute atomic E-state index is 12.1. The lowest BCUT2D eigenvalue weighted by atomic mass is 9.98. The summed E-state index contributed by atoms with van der Waals surface area (Å²) < 4.78 is 5.20. The third-order valence-corrected chi connectivity index (χ3v) is 4.36. The molecule has 1 saturated carbocycles. The van der Waals surface area contributed by atoms with E-state index in [-0.39, 0.29) is 18.3 Å². The van der Waals surface area contributed by atoms with Crippen LogP contribution in [0.2, 0.25) is 5.02 Å². The average molecular weight is 371 g/mol. The van der Waals surface area contributed by atoms with Crippen molar-refractivity contribution < 1.29 is 9.32 Å². The molecule has 2 aromatic rings. The minimum absolute atomic E-state index is 0. The summed E-state index contributed by atoms with van der Waals surface area (Å²) in [4.78, 5) is 16.4. The van der Waals surface area contributed by atoms with E-state index >= 15 is 0 Å². The molecule has 0 atom stereocenters. The van der Waals surface area contributed by atoms with Gasteiger partial charge in [0.2, 0.25) is 17.6 Å². The quantitative estimate of drug-likeness (QED) is 0.843. The van der Waals surface area contributed by atoms with Crippen LogP contribution in [0.5, 0.6) is 0 Å². The molecule has 1 aromatic carbocycles.